The summed E-state index contributed by atoms with van der Waals surface area (Å²) < 4.78 is 0. The van der Waals surface area contributed by atoms with E-state index < -0.39 is 5.54 Å². The lowest BCUT2D eigenvalue weighted by Crippen LogP contribution is -2.53. The maximum atomic E-state index is 12.0. The first-order valence-corrected chi connectivity index (χ1v) is 7.20. The molecule has 0 aromatic heterocycles. The zero-order valence-electron chi connectivity index (χ0n) is 11.9. The number of aryl methyl sites for hydroxylation is 1. The van der Waals surface area contributed by atoms with Gasteiger partial charge in [-0.25, -0.2) is 0 Å². The SMILES string of the molecule is CCC1CCCC(Nc2cccc(C)c2)(C(N)=O)C1. The molecule has 1 aromatic carbocycles. The Morgan fingerprint density at radius 2 is 2.32 bits per heavy atom. The summed E-state index contributed by atoms with van der Waals surface area (Å²) in [6.45, 7) is 4.24. The Kier molecular flexibility index (Phi) is 4.13. The number of primary amides is 1. The van der Waals surface area contributed by atoms with Gasteiger partial charge in [0.25, 0.3) is 0 Å². The van der Waals surface area contributed by atoms with Crippen LogP contribution in [0.5, 0.6) is 0 Å². The van der Waals surface area contributed by atoms with Crippen LogP contribution in [0.3, 0.4) is 0 Å². The van der Waals surface area contributed by atoms with Gasteiger partial charge in [0.15, 0.2) is 0 Å². The fourth-order valence-electron chi connectivity index (χ4n) is 3.14. The van der Waals surface area contributed by atoms with Gasteiger partial charge in [0.1, 0.15) is 5.54 Å². The summed E-state index contributed by atoms with van der Waals surface area (Å²) in [4.78, 5) is 12.0. The summed E-state index contributed by atoms with van der Waals surface area (Å²) in [7, 11) is 0. The molecule has 1 amide bonds. The second kappa shape index (κ2) is 5.64. The molecule has 0 bridgehead atoms. The van der Waals surface area contributed by atoms with E-state index in [1.807, 2.05) is 12.1 Å². The third kappa shape index (κ3) is 3.09. The zero-order valence-corrected chi connectivity index (χ0v) is 11.9. The molecule has 19 heavy (non-hydrogen) atoms. The van der Waals surface area contributed by atoms with Crippen molar-refractivity contribution in [3.05, 3.63) is 29.8 Å². The number of amides is 1. The molecule has 0 aliphatic heterocycles. The first kappa shape index (κ1) is 13.9. The van der Waals surface area contributed by atoms with E-state index in [1.54, 1.807) is 0 Å². The van der Waals surface area contributed by atoms with Crippen LogP contribution in [0, 0.1) is 12.8 Å². The van der Waals surface area contributed by atoms with Gasteiger partial charge in [0.2, 0.25) is 5.91 Å². The highest BCUT2D eigenvalue weighted by atomic mass is 16.1. The Hall–Kier alpha value is -1.51. The van der Waals surface area contributed by atoms with Crippen molar-refractivity contribution in [3.8, 4) is 0 Å². The van der Waals surface area contributed by atoms with Crippen molar-refractivity contribution in [1.29, 1.82) is 0 Å². The van der Waals surface area contributed by atoms with E-state index in [2.05, 4.69) is 31.3 Å². The van der Waals surface area contributed by atoms with Gasteiger partial charge in [0, 0.05) is 5.69 Å². The van der Waals surface area contributed by atoms with Crippen LogP contribution in [0.2, 0.25) is 0 Å². The van der Waals surface area contributed by atoms with Crippen LogP contribution in [0.1, 0.15) is 44.6 Å². The zero-order chi connectivity index (χ0) is 13.9. The van der Waals surface area contributed by atoms with Crippen LogP contribution in [0.15, 0.2) is 24.3 Å². The lowest BCUT2D eigenvalue weighted by Gasteiger charge is -2.39. The molecule has 1 aliphatic rings. The molecule has 1 fully saturated rings. The number of nitrogens with one attached hydrogen (secondary N) is 1. The summed E-state index contributed by atoms with van der Waals surface area (Å²) in [6, 6.07) is 8.14. The maximum Gasteiger partial charge on any atom is 0.243 e. The second-order valence-electron chi connectivity index (χ2n) is 5.81. The summed E-state index contributed by atoms with van der Waals surface area (Å²) in [6.07, 6.45) is 5.09. The molecule has 0 saturated heterocycles. The van der Waals surface area contributed by atoms with Crippen LogP contribution >= 0.6 is 0 Å². The molecule has 1 aromatic rings. The Morgan fingerprint density at radius 1 is 1.53 bits per heavy atom. The largest absolute Gasteiger partial charge is 0.371 e. The van der Waals surface area contributed by atoms with E-state index in [4.69, 9.17) is 5.73 Å². The highest BCUT2D eigenvalue weighted by Crippen LogP contribution is 2.36. The van der Waals surface area contributed by atoms with Crippen molar-refractivity contribution < 1.29 is 4.79 Å². The van der Waals surface area contributed by atoms with Gasteiger partial charge in [-0.15, -0.1) is 0 Å². The second-order valence-corrected chi connectivity index (χ2v) is 5.81. The van der Waals surface area contributed by atoms with Crippen molar-refractivity contribution in [2.24, 2.45) is 11.7 Å². The van der Waals surface area contributed by atoms with Gasteiger partial charge >= 0.3 is 0 Å². The van der Waals surface area contributed by atoms with Crippen LogP contribution < -0.4 is 11.1 Å². The van der Waals surface area contributed by atoms with Crippen molar-refractivity contribution >= 4 is 11.6 Å². The smallest absolute Gasteiger partial charge is 0.243 e. The number of rotatable bonds is 4. The van der Waals surface area contributed by atoms with Gasteiger partial charge in [-0.1, -0.05) is 38.3 Å². The molecule has 1 aliphatic carbocycles. The Balaban J connectivity index is 2.22. The highest BCUT2D eigenvalue weighted by Gasteiger charge is 2.40. The Labute approximate surface area is 115 Å². The van der Waals surface area contributed by atoms with Gasteiger partial charge < -0.3 is 11.1 Å². The average molecular weight is 260 g/mol. The predicted molar refractivity (Wildman–Crippen MR) is 79.0 cm³/mol. The average Bonchev–Trinajstić information content (AvgIpc) is 2.38. The fraction of sp³-hybridized carbons (Fsp3) is 0.562. The lowest BCUT2D eigenvalue weighted by molar-refractivity contribution is -0.123. The molecular formula is C16H24N2O. The van der Waals surface area contributed by atoms with Crippen molar-refractivity contribution in [2.45, 2.75) is 51.5 Å². The number of hydrogen-bond donors (Lipinski definition) is 2. The van der Waals surface area contributed by atoms with Crippen LogP contribution in [-0.4, -0.2) is 11.4 Å². The topological polar surface area (TPSA) is 55.1 Å². The van der Waals surface area contributed by atoms with E-state index >= 15 is 0 Å². The molecule has 3 N–H and O–H groups in total. The van der Waals surface area contributed by atoms with Crippen molar-refractivity contribution in [3.63, 3.8) is 0 Å². The molecule has 3 nitrogen and oxygen atoms in total. The first-order valence-electron chi connectivity index (χ1n) is 7.20. The van der Waals surface area contributed by atoms with Crippen molar-refractivity contribution in [1.82, 2.24) is 0 Å². The quantitative estimate of drug-likeness (QED) is 0.873. The first-order chi connectivity index (χ1) is 9.05. The highest BCUT2D eigenvalue weighted by molar-refractivity contribution is 5.88. The van der Waals surface area contributed by atoms with E-state index in [0.717, 1.165) is 31.4 Å². The van der Waals surface area contributed by atoms with Gasteiger partial charge in [-0.05, 0) is 43.4 Å². The number of nitrogens with two attached hydrogens (primary N) is 1. The van der Waals surface area contributed by atoms with Gasteiger partial charge in [-0.3, -0.25) is 4.79 Å². The Morgan fingerprint density at radius 3 is 2.95 bits per heavy atom. The number of hydrogen-bond acceptors (Lipinski definition) is 2. The molecule has 104 valence electrons. The monoisotopic (exact) mass is 260 g/mol. The number of carbonyl (C=O) groups excluding carboxylic acids is 1. The summed E-state index contributed by atoms with van der Waals surface area (Å²) in [5, 5.41) is 3.42. The molecule has 1 saturated carbocycles. The standard InChI is InChI=1S/C16H24N2O/c1-3-13-7-5-9-16(11-13,15(17)19)18-14-8-4-6-12(2)10-14/h4,6,8,10,13,18H,3,5,7,9,11H2,1-2H3,(H2,17,19). The van der Waals surface area contributed by atoms with E-state index in [1.165, 1.54) is 12.0 Å². The molecular weight excluding hydrogens is 236 g/mol. The molecule has 2 atom stereocenters. The van der Waals surface area contributed by atoms with Gasteiger partial charge in [-0.2, -0.15) is 0 Å². The fourth-order valence-corrected chi connectivity index (χ4v) is 3.14. The predicted octanol–water partition coefficient (Wildman–Crippen LogP) is 3.23. The minimum Gasteiger partial charge on any atom is -0.371 e. The molecule has 2 unspecified atom stereocenters. The minimum absolute atomic E-state index is 0.216. The molecule has 0 radical (unpaired) electrons. The summed E-state index contributed by atoms with van der Waals surface area (Å²) >= 11 is 0. The Bertz CT molecular complexity index is 458. The maximum absolute atomic E-state index is 12.0. The molecule has 0 heterocycles. The molecule has 0 spiro atoms. The number of carbonyl (C=O) groups is 1. The number of anilines is 1. The minimum atomic E-state index is -0.563. The summed E-state index contributed by atoms with van der Waals surface area (Å²) in [5.74, 6) is 0.380. The molecule has 3 heteroatoms. The van der Waals surface area contributed by atoms with Crippen LogP contribution in [0.4, 0.5) is 5.69 Å². The van der Waals surface area contributed by atoms with Crippen molar-refractivity contribution in [2.75, 3.05) is 5.32 Å². The van der Waals surface area contributed by atoms with Crippen LogP contribution in [-0.2, 0) is 4.79 Å². The van der Waals surface area contributed by atoms with Gasteiger partial charge in [0.05, 0.1) is 0 Å². The normalized spacial score (nSPS) is 26.9. The van der Waals surface area contributed by atoms with E-state index in [-0.39, 0.29) is 5.91 Å². The van der Waals surface area contributed by atoms with E-state index in [0.29, 0.717) is 5.92 Å². The third-order valence-corrected chi connectivity index (χ3v) is 4.30. The van der Waals surface area contributed by atoms with E-state index in [9.17, 15) is 4.79 Å². The van der Waals surface area contributed by atoms with Crippen LogP contribution in [0.25, 0.3) is 0 Å². The lowest BCUT2D eigenvalue weighted by atomic mass is 9.74. The summed E-state index contributed by atoms with van der Waals surface area (Å²) in [5.41, 5.74) is 7.32. The third-order valence-electron chi connectivity index (χ3n) is 4.30. The number of benzene rings is 1. The molecule has 2 rings (SSSR count).